The van der Waals surface area contributed by atoms with E-state index in [-0.39, 0.29) is 17.5 Å². The number of aryl methyl sites for hydroxylation is 4. The minimum Gasteiger partial charge on any atom is -0.326 e. The Balaban J connectivity index is 1.56. The van der Waals surface area contributed by atoms with Crippen molar-refractivity contribution < 1.29 is 4.79 Å². The topological polar surface area (TPSA) is 64.0 Å². The first-order chi connectivity index (χ1) is 12.4. The number of anilines is 1. The number of hydrogen-bond donors (Lipinski definition) is 1. The van der Waals surface area contributed by atoms with Crippen LogP contribution in [-0.2, 0) is 17.6 Å². The van der Waals surface area contributed by atoms with E-state index in [0.717, 1.165) is 58.2 Å². The minimum absolute atomic E-state index is 0.0501. The molecule has 1 amide bonds. The number of aromatic nitrogens is 2. The molecule has 0 radical (unpaired) electrons. The van der Waals surface area contributed by atoms with E-state index in [0.29, 0.717) is 6.42 Å². The van der Waals surface area contributed by atoms with Gasteiger partial charge in [-0.15, -0.1) is 0 Å². The number of carbonyl (C=O) groups excluding carboxylic acids is 1. The number of carbonyl (C=O) groups is 1. The van der Waals surface area contributed by atoms with Crippen molar-refractivity contribution in [2.75, 3.05) is 11.1 Å². The van der Waals surface area contributed by atoms with Gasteiger partial charge < -0.3 is 5.32 Å². The van der Waals surface area contributed by atoms with Gasteiger partial charge in [-0.1, -0.05) is 29.5 Å². The van der Waals surface area contributed by atoms with Gasteiger partial charge in [0.15, 0.2) is 5.16 Å². The third kappa shape index (κ3) is 2.96. The number of rotatable bonds is 3. The molecular formula is C20H23N3O2S. The summed E-state index contributed by atoms with van der Waals surface area (Å²) in [5, 5.41) is 3.83. The van der Waals surface area contributed by atoms with Gasteiger partial charge in [-0.25, -0.2) is 4.98 Å². The molecule has 6 heteroatoms. The molecule has 0 fully saturated rings. The normalized spacial score (nSPS) is 17.9. The number of thioether (sulfide) groups is 1. The molecule has 1 unspecified atom stereocenters. The third-order valence-electron chi connectivity index (χ3n) is 5.23. The van der Waals surface area contributed by atoms with Crippen LogP contribution < -0.4 is 10.9 Å². The van der Waals surface area contributed by atoms with E-state index in [1.54, 1.807) is 16.3 Å². The van der Waals surface area contributed by atoms with Gasteiger partial charge in [0, 0.05) is 23.4 Å². The minimum atomic E-state index is -0.119. The van der Waals surface area contributed by atoms with Crippen LogP contribution in [0, 0.1) is 20.8 Å². The lowest BCUT2D eigenvalue weighted by molar-refractivity contribution is -0.116. The van der Waals surface area contributed by atoms with E-state index in [4.69, 9.17) is 0 Å². The lowest BCUT2D eigenvalue weighted by Gasteiger charge is -2.16. The second-order valence-corrected chi connectivity index (χ2v) is 8.33. The molecule has 0 bridgehead atoms. The summed E-state index contributed by atoms with van der Waals surface area (Å²) in [6.45, 7) is 6.07. The zero-order valence-corrected chi connectivity index (χ0v) is 16.2. The summed E-state index contributed by atoms with van der Waals surface area (Å²) in [4.78, 5) is 30.2. The summed E-state index contributed by atoms with van der Waals surface area (Å²) < 4.78 is 1.75. The summed E-state index contributed by atoms with van der Waals surface area (Å²) in [5.41, 5.74) is 6.07. The fourth-order valence-corrected chi connectivity index (χ4v) is 5.24. The Labute approximate surface area is 157 Å². The largest absolute Gasteiger partial charge is 0.326 e. The summed E-state index contributed by atoms with van der Waals surface area (Å²) in [5.74, 6) is 0.677. The van der Waals surface area contributed by atoms with Gasteiger partial charge in [0.05, 0.1) is 11.7 Å². The van der Waals surface area contributed by atoms with Crippen LogP contribution in [0.3, 0.4) is 0 Å². The van der Waals surface area contributed by atoms with E-state index in [2.05, 4.69) is 29.4 Å². The van der Waals surface area contributed by atoms with E-state index in [1.807, 2.05) is 13.8 Å². The van der Waals surface area contributed by atoms with E-state index in [9.17, 15) is 9.59 Å². The van der Waals surface area contributed by atoms with Gasteiger partial charge in [-0.3, -0.25) is 14.2 Å². The standard InChI is InChI=1S/C20H23N3O2S/c1-11-7-12(2)18(13(3)8-11)22-17(24)9-14-10-26-20-21-16-6-4-5-15(16)19(25)23(14)20/h7-8,14H,4-6,9-10H2,1-3H3,(H,22,24). The molecule has 2 heterocycles. The molecule has 136 valence electrons. The van der Waals surface area contributed by atoms with E-state index >= 15 is 0 Å². The average Bonchev–Trinajstić information content (AvgIpc) is 3.19. The molecule has 0 saturated carbocycles. The van der Waals surface area contributed by atoms with Gasteiger partial charge in [0.2, 0.25) is 5.91 Å². The van der Waals surface area contributed by atoms with Crippen molar-refractivity contribution in [3.63, 3.8) is 0 Å². The summed E-state index contributed by atoms with van der Waals surface area (Å²) in [7, 11) is 0. The SMILES string of the molecule is Cc1cc(C)c(NC(=O)CC2CSc3nc4c(c(=O)n32)CCC4)c(C)c1. The van der Waals surface area contributed by atoms with Crippen molar-refractivity contribution in [3.8, 4) is 0 Å². The van der Waals surface area contributed by atoms with Gasteiger partial charge >= 0.3 is 0 Å². The maximum absolute atomic E-state index is 12.8. The number of amides is 1. The number of nitrogens with zero attached hydrogens (tertiary/aromatic N) is 2. The summed E-state index contributed by atoms with van der Waals surface area (Å²) >= 11 is 1.58. The molecule has 1 aliphatic carbocycles. The third-order valence-corrected chi connectivity index (χ3v) is 6.33. The molecule has 4 rings (SSSR count). The Morgan fingerprint density at radius 1 is 1.27 bits per heavy atom. The van der Waals surface area contributed by atoms with Crippen LogP contribution in [0.2, 0.25) is 0 Å². The Kier molecular flexibility index (Phi) is 4.39. The number of fused-ring (bicyclic) bond motifs is 2. The van der Waals surface area contributed by atoms with Gasteiger partial charge in [-0.05, 0) is 51.2 Å². The highest BCUT2D eigenvalue weighted by molar-refractivity contribution is 7.99. The summed E-state index contributed by atoms with van der Waals surface area (Å²) in [6, 6.07) is 4.02. The summed E-state index contributed by atoms with van der Waals surface area (Å²) in [6.07, 6.45) is 3.01. The highest BCUT2D eigenvalue weighted by atomic mass is 32.2. The number of benzene rings is 1. The molecule has 2 aliphatic rings. The number of nitrogens with one attached hydrogen (secondary N) is 1. The van der Waals surface area contributed by atoms with Crippen LogP contribution in [0.1, 0.15) is 46.8 Å². The molecule has 1 atom stereocenters. The highest BCUT2D eigenvalue weighted by Gasteiger charge is 2.31. The van der Waals surface area contributed by atoms with Crippen LogP contribution in [0.25, 0.3) is 0 Å². The molecule has 1 aromatic carbocycles. The van der Waals surface area contributed by atoms with Crippen LogP contribution in [-0.4, -0.2) is 21.2 Å². The second kappa shape index (κ2) is 6.58. The van der Waals surface area contributed by atoms with Crippen LogP contribution in [0.5, 0.6) is 0 Å². The van der Waals surface area contributed by atoms with Crippen molar-refractivity contribution in [2.24, 2.45) is 0 Å². The van der Waals surface area contributed by atoms with Crippen LogP contribution >= 0.6 is 11.8 Å². The lowest BCUT2D eigenvalue weighted by atomic mass is 10.0. The highest BCUT2D eigenvalue weighted by Crippen LogP contribution is 2.34. The predicted octanol–water partition coefficient (Wildman–Crippen LogP) is 3.33. The zero-order valence-electron chi connectivity index (χ0n) is 15.4. The van der Waals surface area contributed by atoms with Crippen molar-refractivity contribution in [1.29, 1.82) is 0 Å². The Bertz CT molecular complexity index is 941. The van der Waals surface area contributed by atoms with Gasteiger partial charge in [-0.2, -0.15) is 0 Å². The van der Waals surface area contributed by atoms with Gasteiger partial charge in [0.25, 0.3) is 5.56 Å². The quantitative estimate of drug-likeness (QED) is 0.843. The maximum Gasteiger partial charge on any atom is 0.257 e. The molecule has 1 N–H and O–H groups in total. The lowest BCUT2D eigenvalue weighted by Crippen LogP contribution is -2.30. The fourth-order valence-electron chi connectivity index (χ4n) is 4.08. The van der Waals surface area contributed by atoms with Gasteiger partial charge in [0.1, 0.15) is 0 Å². The Hall–Kier alpha value is -2.08. The Morgan fingerprint density at radius 2 is 2.00 bits per heavy atom. The van der Waals surface area contributed by atoms with Crippen molar-refractivity contribution in [1.82, 2.24) is 9.55 Å². The smallest absolute Gasteiger partial charge is 0.257 e. The zero-order chi connectivity index (χ0) is 18.4. The molecular weight excluding hydrogens is 346 g/mol. The van der Waals surface area contributed by atoms with Crippen molar-refractivity contribution in [2.45, 2.75) is 57.7 Å². The first-order valence-corrected chi connectivity index (χ1v) is 10.1. The Morgan fingerprint density at radius 3 is 2.73 bits per heavy atom. The molecule has 5 nitrogen and oxygen atoms in total. The van der Waals surface area contributed by atoms with Crippen molar-refractivity contribution in [3.05, 3.63) is 50.4 Å². The first kappa shape index (κ1) is 17.3. The molecule has 0 saturated heterocycles. The molecule has 0 spiro atoms. The predicted molar refractivity (Wildman–Crippen MR) is 104 cm³/mol. The maximum atomic E-state index is 12.8. The number of hydrogen-bond acceptors (Lipinski definition) is 4. The van der Waals surface area contributed by atoms with Crippen molar-refractivity contribution >= 4 is 23.4 Å². The van der Waals surface area contributed by atoms with Crippen LogP contribution in [0.4, 0.5) is 5.69 Å². The molecule has 1 aliphatic heterocycles. The van der Waals surface area contributed by atoms with E-state index in [1.165, 1.54) is 5.56 Å². The van der Waals surface area contributed by atoms with Crippen LogP contribution in [0.15, 0.2) is 22.1 Å². The average molecular weight is 369 g/mol. The van der Waals surface area contributed by atoms with E-state index < -0.39 is 0 Å². The molecule has 26 heavy (non-hydrogen) atoms. The fraction of sp³-hybridized carbons (Fsp3) is 0.450. The first-order valence-electron chi connectivity index (χ1n) is 9.09. The second-order valence-electron chi connectivity index (χ2n) is 7.34. The molecule has 2 aromatic rings. The monoisotopic (exact) mass is 369 g/mol. The molecule has 1 aromatic heterocycles.